The van der Waals surface area contributed by atoms with Crippen molar-refractivity contribution in [2.45, 2.75) is 39.2 Å². The molecule has 2 rings (SSSR count). The van der Waals surface area contributed by atoms with Crippen LogP contribution in [-0.2, 0) is 12.8 Å². The van der Waals surface area contributed by atoms with Crippen LogP contribution in [0.3, 0.4) is 0 Å². The molecule has 0 amide bonds. The fourth-order valence-corrected chi connectivity index (χ4v) is 2.21. The van der Waals surface area contributed by atoms with Crippen molar-refractivity contribution in [1.82, 2.24) is 4.98 Å². The molecule has 0 saturated heterocycles. The zero-order valence-electron chi connectivity index (χ0n) is 11.8. The molecule has 0 aliphatic heterocycles. The van der Waals surface area contributed by atoms with Crippen molar-refractivity contribution in [1.29, 1.82) is 0 Å². The number of nitrogens with two attached hydrogens (primary N) is 1. The molecule has 2 nitrogen and oxygen atoms in total. The van der Waals surface area contributed by atoms with Gasteiger partial charge in [0.05, 0.1) is 0 Å². The van der Waals surface area contributed by atoms with Crippen molar-refractivity contribution in [3.05, 3.63) is 65.0 Å². The number of aryl methyl sites for hydroxylation is 3. The van der Waals surface area contributed by atoms with E-state index in [0.29, 0.717) is 0 Å². The fraction of sp³-hybridized carbons (Fsp3) is 0.353. The van der Waals surface area contributed by atoms with E-state index in [9.17, 15) is 0 Å². The molecule has 0 fully saturated rings. The molecule has 0 aliphatic carbocycles. The molecule has 2 heteroatoms. The SMILES string of the molecule is Cc1ccc(CC(N)CCc2cccc(C)c2)nc1. The molecule has 100 valence electrons. The van der Waals surface area contributed by atoms with Gasteiger partial charge < -0.3 is 5.73 Å². The summed E-state index contributed by atoms with van der Waals surface area (Å²) in [4.78, 5) is 4.41. The Morgan fingerprint density at radius 1 is 1.11 bits per heavy atom. The highest BCUT2D eigenvalue weighted by molar-refractivity contribution is 5.22. The smallest absolute Gasteiger partial charge is 0.0419 e. The summed E-state index contributed by atoms with van der Waals surface area (Å²) in [5.74, 6) is 0. The topological polar surface area (TPSA) is 38.9 Å². The van der Waals surface area contributed by atoms with Crippen LogP contribution in [0.5, 0.6) is 0 Å². The van der Waals surface area contributed by atoms with Gasteiger partial charge >= 0.3 is 0 Å². The lowest BCUT2D eigenvalue weighted by molar-refractivity contribution is 0.602. The Bertz CT molecular complexity index is 517. The van der Waals surface area contributed by atoms with Crippen LogP contribution in [0.4, 0.5) is 0 Å². The van der Waals surface area contributed by atoms with Gasteiger partial charge in [-0.25, -0.2) is 0 Å². The zero-order chi connectivity index (χ0) is 13.7. The molecule has 1 aromatic carbocycles. The lowest BCUT2D eigenvalue weighted by Gasteiger charge is -2.11. The highest BCUT2D eigenvalue weighted by Gasteiger charge is 2.05. The van der Waals surface area contributed by atoms with Gasteiger partial charge in [-0.1, -0.05) is 35.9 Å². The second-order valence-electron chi connectivity index (χ2n) is 5.32. The first kappa shape index (κ1) is 13.8. The average molecular weight is 254 g/mol. The molecular weight excluding hydrogens is 232 g/mol. The zero-order valence-corrected chi connectivity index (χ0v) is 11.8. The molecule has 1 atom stereocenters. The summed E-state index contributed by atoms with van der Waals surface area (Å²) in [6, 6.07) is 13.0. The average Bonchev–Trinajstić information content (AvgIpc) is 2.39. The third-order valence-electron chi connectivity index (χ3n) is 3.33. The van der Waals surface area contributed by atoms with Crippen LogP contribution < -0.4 is 5.73 Å². The molecule has 0 saturated carbocycles. The van der Waals surface area contributed by atoms with Gasteiger partial charge in [-0.2, -0.15) is 0 Å². The number of nitrogens with zero attached hydrogens (tertiary/aromatic N) is 1. The fourth-order valence-electron chi connectivity index (χ4n) is 2.21. The third kappa shape index (κ3) is 4.49. The minimum atomic E-state index is 0.177. The van der Waals surface area contributed by atoms with Crippen molar-refractivity contribution < 1.29 is 0 Å². The van der Waals surface area contributed by atoms with Gasteiger partial charge in [0.1, 0.15) is 0 Å². The third-order valence-corrected chi connectivity index (χ3v) is 3.33. The monoisotopic (exact) mass is 254 g/mol. The molecule has 2 N–H and O–H groups in total. The van der Waals surface area contributed by atoms with Crippen LogP contribution in [0, 0.1) is 13.8 Å². The Kier molecular flexibility index (Phi) is 4.69. The highest BCUT2D eigenvalue weighted by atomic mass is 14.7. The summed E-state index contributed by atoms with van der Waals surface area (Å²) < 4.78 is 0. The number of hydrogen-bond donors (Lipinski definition) is 1. The van der Waals surface area contributed by atoms with E-state index in [1.54, 1.807) is 0 Å². The van der Waals surface area contributed by atoms with Crippen LogP contribution in [0.1, 0.15) is 28.8 Å². The number of hydrogen-bond acceptors (Lipinski definition) is 2. The Morgan fingerprint density at radius 3 is 2.63 bits per heavy atom. The second kappa shape index (κ2) is 6.48. The van der Waals surface area contributed by atoms with Gasteiger partial charge in [0.2, 0.25) is 0 Å². The first-order valence-corrected chi connectivity index (χ1v) is 6.86. The Morgan fingerprint density at radius 2 is 1.95 bits per heavy atom. The number of aromatic nitrogens is 1. The highest BCUT2D eigenvalue weighted by Crippen LogP contribution is 2.09. The Hall–Kier alpha value is -1.67. The lowest BCUT2D eigenvalue weighted by atomic mass is 10.0. The summed E-state index contributed by atoms with van der Waals surface area (Å²) in [6.07, 6.45) is 4.79. The second-order valence-corrected chi connectivity index (χ2v) is 5.32. The summed E-state index contributed by atoms with van der Waals surface area (Å²) in [5.41, 5.74) is 11.1. The maximum atomic E-state index is 6.19. The molecule has 19 heavy (non-hydrogen) atoms. The van der Waals surface area contributed by atoms with Gasteiger partial charge in [-0.15, -0.1) is 0 Å². The molecule has 0 bridgehead atoms. The van der Waals surface area contributed by atoms with Gasteiger partial charge in [-0.3, -0.25) is 4.98 Å². The number of pyridine rings is 1. The number of benzene rings is 1. The standard InChI is InChI=1S/C17H22N2/c1-13-4-3-5-15(10-13)7-8-16(18)11-17-9-6-14(2)12-19-17/h3-6,9-10,12,16H,7-8,11,18H2,1-2H3. The molecule has 1 unspecified atom stereocenters. The van der Waals surface area contributed by atoms with E-state index in [4.69, 9.17) is 5.73 Å². The Balaban J connectivity index is 1.84. The summed E-state index contributed by atoms with van der Waals surface area (Å²) >= 11 is 0. The quantitative estimate of drug-likeness (QED) is 0.890. The van der Waals surface area contributed by atoms with Crippen LogP contribution in [0.25, 0.3) is 0 Å². The van der Waals surface area contributed by atoms with Gasteiger partial charge in [0, 0.05) is 24.4 Å². The van der Waals surface area contributed by atoms with E-state index >= 15 is 0 Å². The van der Waals surface area contributed by atoms with Crippen molar-refractivity contribution >= 4 is 0 Å². The van der Waals surface area contributed by atoms with E-state index in [-0.39, 0.29) is 6.04 Å². The lowest BCUT2D eigenvalue weighted by Crippen LogP contribution is -2.24. The van der Waals surface area contributed by atoms with E-state index in [1.807, 2.05) is 6.20 Å². The Labute approximate surface area is 115 Å². The molecule has 1 heterocycles. The van der Waals surface area contributed by atoms with E-state index < -0.39 is 0 Å². The van der Waals surface area contributed by atoms with Crippen molar-refractivity contribution in [3.8, 4) is 0 Å². The number of rotatable bonds is 5. The summed E-state index contributed by atoms with van der Waals surface area (Å²) in [7, 11) is 0. The van der Waals surface area contributed by atoms with E-state index in [0.717, 1.165) is 25.0 Å². The van der Waals surface area contributed by atoms with Gasteiger partial charge in [0.15, 0.2) is 0 Å². The van der Waals surface area contributed by atoms with Crippen molar-refractivity contribution in [3.63, 3.8) is 0 Å². The summed E-state index contributed by atoms with van der Waals surface area (Å²) in [6.45, 7) is 4.17. The first-order valence-electron chi connectivity index (χ1n) is 6.86. The van der Waals surface area contributed by atoms with Gasteiger partial charge in [0.25, 0.3) is 0 Å². The largest absolute Gasteiger partial charge is 0.327 e. The minimum absolute atomic E-state index is 0.177. The van der Waals surface area contributed by atoms with Crippen LogP contribution in [0.15, 0.2) is 42.6 Å². The summed E-state index contributed by atoms with van der Waals surface area (Å²) in [5, 5.41) is 0. The normalized spacial score (nSPS) is 12.4. The van der Waals surface area contributed by atoms with Crippen LogP contribution in [-0.4, -0.2) is 11.0 Å². The van der Waals surface area contributed by atoms with Gasteiger partial charge in [-0.05, 0) is 43.9 Å². The maximum absolute atomic E-state index is 6.19. The van der Waals surface area contributed by atoms with Crippen molar-refractivity contribution in [2.75, 3.05) is 0 Å². The predicted molar refractivity (Wildman–Crippen MR) is 80.2 cm³/mol. The van der Waals surface area contributed by atoms with Crippen LogP contribution in [0.2, 0.25) is 0 Å². The van der Waals surface area contributed by atoms with E-state index in [1.165, 1.54) is 16.7 Å². The van der Waals surface area contributed by atoms with Crippen LogP contribution >= 0.6 is 0 Å². The molecule has 0 aliphatic rings. The predicted octanol–water partition coefficient (Wildman–Crippen LogP) is 3.20. The maximum Gasteiger partial charge on any atom is 0.0419 e. The van der Waals surface area contributed by atoms with Crippen molar-refractivity contribution in [2.24, 2.45) is 5.73 Å². The van der Waals surface area contributed by atoms with E-state index in [2.05, 4.69) is 55.2 Å². The molecule has 1 aromatic heterocycles. The first-order chi connectivity index (χ1) is 9.13. The molecular formula is C17H22N2. The minimum Gasteiger partial charge on any atom is -0.327 e. The molecule has 0 radical (unpaired) electrons. The molecule has 2 aromatic rings. The molecule has 0 spiro atoms.